The normalized spacial score (nSPS) is 14.2. The fraction of sp³-hybridized carbons (Fsp3) is 0.833. The first-order chi connectivity index (χ1) is 7.86. The minimum absolute atomic E-state index is 0.0580. The van der Waals surface area contributed by atoms with E-state index < -0.39 is 5.97 Å². The molecule has 0 saturated heterocycles. The molecule has 0 aromatic carbocycles. The van der Waals surface area contributed by atoms with Crippen LogP contribution in [0.3, 0.4) is 0 Å². The van der Waals surface area contributed by atoms with Crippen LogP contribution < -0.4 is 10.6 Å². The summed E-state index contributed by atoms with van der Waals surface area (Å²) in [6.07, 6.45) is 0.956. The fourth-order valence-electron chi connectivity index (χ4n) is 1.60. The van der Waals surface area contributed by atoms with Crippen LogP contribution in [-0.2, 0) is 4.79 Å². The molecule has 0 rings (SSSR count). The summed E-state index contributed by atoms with van der Waals surface area (Å²) in [5.74, 6) is -0.507. The quantitative estimate of drug-likeness (QED) is 0.639. The van der Waals surface area contributed by atoms with Crippen molar-refractivity contribution in [1.29, 1.82) is 0 Å². The van der Waals surface area contributed by atoms with Gasteiger partial charge in [0.2, 0.25) is 0 Å². The molecule has 100 valence electrons. The number of carboxylic acid groups (broad SMARTS) is 1. The summed E-state index contributed by atoms with van der Waals surface area (Å²) < 4.78 is 0. The Bertz CT molecular complexity index is 254. The lowest BCUT2D eigenvalue weighted by Gasteiger charge is -2.21. The number of nitrogens with one attached hydrogen (secondary N) is 2. The van der Waals surface area contributed by atoms with Crippen molar-refractivity contribution in [3.05, 3.63) is 0 Å². The summed E-state index contributed by atoms with van der Waals surface area (Å²) in [4.78, 5) is 22.0. The maximum atomic E-state index is 11.5. The average molecular weight is 244 g/mol. The van der Waals surface area contributed by atoms with Crippen molar-refractivity contribution in [3.63, 3.8) is 0 Å². The molecule has 0 aromatic heterocycles. The lowest BCUT2D eigenvalue weighted by Crippen LogP contribution is -2.45. The minimum Gasteiger partial charge on any atom is -0.481 e. The van der Waals surface area contributed by atoms with Crippen molar-refractivity contribution in [2.24, 2.45) is 11.8 Å². The smallest absolute Gasteiger partial charge is 0.315 e. The highest BCUT2D eigenvalue weighted by Gasteiger charge is 2.14. The van der Waals surface area contributed by atoms with Crippen molar-refractivity contribution in [2.75, 3.05) is 6.54 Å². The van der Waals surface area contributed by atoms with Gasteiger partial charge in [0.05, 0.1) is 0 Å². The molecule has 0 aliphatic rings. The van der Waals surface area contributed by atoms with Gasteiger partial charge in [-0.15, -0.1) is 0 Å². The lowest BCUT2D eigenvalue weighted by molar-refractivity contribution is -0.137. The number of carbonyl (C=O) groups is 2. The summed E-state index contributed by atoms with van der Waals surface area (Å²) in [6, 6.07) is -0.0624. The number of hydrogen-bond acceptors (Lipinski definition) is 2. The van der Waals surface area contributed by atoms with Crippen LogP contribution in [-0.4, -0.2) is 29.7 Å². The van der Waals surface area contributed by atoms with Gasteiger partial charge in [0.25, 0.3) is 0 Å². The van der Waals surface area contributed by atoms with Gasteiger partial charge in [0.15, 0.2) is 0 Å². The second-order valence-corrected chi connectivity index (χ2v) is 4.82. The van der Waals surface area contributed by atoms with Gasteiger partial charge in [-0.2, -0.15) is 0 Å². The van der Waals surface area contributed by atoms with Gasteiger partial charge in [0.1, 0.15) is 0 Å². The van der Waals surface area contributed by atoms with Gasteiger partial charge < -0.3 is 15.7 Å². The van der Waals surface area contributed by atoms with Gasteiger partial charge in [0, 0.05) is 19.0 Å². The van der Waals surface area contributed by atoms with E-state index in [1.807, 2.05) is 6.92 Å². The molecule has 0 heterocycles. The third-order valence-electron chi connectivity index (χ3n) is 2.70. The predicted molar refractivity (Wildman–Crippen MR) is 66.9 cm³/mol. The Hall–Kier alpha value is -1.26. The first-order valence-electron chi connectivity index (χ1n) is 6.12. The zero-order chi connectivity index (χ0) is 13.4. The molecular formula is C12H24N2O3. The molecule has 2 unspecified atom stereocenters. The molecule has 17 heavy (non-hydrogen) atoms. The number of amides is 2. The van der Waals surface area contributed by atoms with Crippen LogP contribution in [0, 0.1) is 11.8 Å². The maximum absolute atomic E-state index is 11.5. The van der Waals surface area contributed by atoms with Crippen molar-refractivity contribution in [1.82, 2.24) is 10.6 Å². The van der Waals surface area contributed by atoms with Crippen LogP contribution in [0.5, 0.6) is 0 Å². The summed E-state index contributed by atoms with van der Waals surface area (Å²) in [5, 5.41) is 14.1. The van der Waals surface area contributed by atoms with E-state index in [0.717, 1.165) is 6.42 Å². The van der Waals surface area contributed by atoms with E-state index >= 15 is 0 Å². The SMILES string of the molecule is CCC(NC(=O)NCC(C)CC(=O)O)C(C)C. The highest BCUT2D eigenvalue weighted by atomic mass is 16.4. The molecule has 5 nitrogen and oxygen atoms in total. The van der Waals surface area contributed by atoms with Crippen LogP contribution in [0.15, 0.2) is 0 Å². The number of rotatable bonds is 7. The van der Waals surface area contributed by atoms with E-state index in [-0.39, 0.29) is 24.4 Å². The third kappa shape index (κ3) is 7.60. The summed E-state index contributed by atoms with van der Waals surface area (Å²) in [7, 11) is 0. The van der Waals surface area contributed by atoms with E-state index in [2.05, 4.69) is 24.5 Å². The second-order valence-electron chi connectivity index (χ2n) is 4.82. The molecule has 0 aliphatic heterocycles. The lowest BCUT2D eigenvalue weighted by atomic mass is 10.0. The Morgan fingerprint density at radius 2 is 1.82 bits per heavy atom. The number of urea groups is 1. The molecule has 0 aliphatic carbocycles. The Morgan fingerprint density at radius 3 is 2.24 bits per heavy atom. The summed E-state index contributed by atoms with van der Waals surface area (Å²) in [6.45, 7) is 8.32. The van der Waals surface area contributed by atoms with Gasteiger partial charge in [-0.05, 0) is 18.3 Å². The molecule has 2 amide bonds. The molecule has 3 N–H and O–H groups in total. The van der Waals surface area contributed by atoms with Gasteiger partial charge >= 0.3 is 12.0 Å². The Labute approximate surface area is 103 Å². The fourth-order valence-corrected chi connectivity index (χ4v) is 1.60. The van der Waals surface area contributed by atoms with E-state index in [0.29, 0.717) is 12.5 Å². The number of hydrogen-bond donors (Lipinski definition) is 3. The molecule has 0 spiro atoms. The number of aliphatic carboxylic acids is 1. The van der Waals surface area contributed by atoms with E-state index in [1.54, 1.807) is 6.92 Å². The van der Waals surface area contributed by atoms with Crippen LogP contribution >= 0.6 is 0 Å². The highest BCUT2D eigenvalue weighted by Crippen LogP contribution is 2.05. The molecule has 2 atom stereocenters. The maximum Gasteiger partial charge on any atom is 0.315 e. The molecular weight excluding hydrogens is 220 g/mol. The summed E-state index contributed by atoms with van der Waals surface area (Å²) in [5.41, 5.74) is 0. The molecule has 5 heteroatoms. The second kappa shape index (κ2) is 7.92. The number of carbonyl (C=O) groups excluding carboxylic acids is 1. The van der Waals surface area contributed by atoms with Crippen molar-refractivity contribution in [2.45, 2.75) is 46.6 Å². The van der Waals surface area contributed by atoms with E-state index in [1.165, 1.54) is 0 Å². The van der Waals surface area contributed by atoms with Crippen molar-refractivity contribution >= 4 is 12.0 Å². The standard InChI is InChI=1S/C12H24N2O3/c1-5-10(8(2)3)14-12(17)13-7-9(4)6-11(15)16/h8-10H,5-7H2,1-4H3,(H,15,16)(H2,13,14,17). The highest BCUT2D eigenvalue weighted by molar-refractivity contribution is 5.74. The van der Waals surface area contributed by atoms with Crippen LogP contribution in [0.25, 0.3) is 0 Å². The number of carboxylic acids is 1. The zero-order valence-corrected chi connectivity index (χ0v) is 11.1. The van der Waals surface area contributed by atoms with Crippen molar-refractivity contribution in [3.8, 4) is 0 Å². The molecule has 0 bridgehead atoms. The van der Waals surface area contributed by atoms with E-state index in [4.69, 9.17) is 5.11 Å². The first kappa shape index (κ1) is 15.7. The Balaban J connectivity index is 3.90. The predicted octanol–water partition coefficient (Wildman–Crippen LogP) is 1.83. The molecule has 0 saturated carbocycles. The van der Waals surface area contributed by atoms with Crippen LogP contribution in [0.2, 0.25) is 0 Å². The molecule has 0 radical (unpaired) electrons. The van der Waals surface area contributed by atoms with Gasteiger partial charge in [-0.1, -0.05) is 27.7 Å². The topological polar surface area (TPSA) is 78.4 Å². The van der Waals surface area contributed by atoms with Gasteiger partial charge in [-0.25, -0.2) is 4.79 Å². The summed E-state index contributed by atoms with van der Waals surface area (Å²) >= 11 is 0. The average Bonchev–Trinajstić information content (AvgIpc) is 2.21. The van der Waals surface area contributed by atoms with Gasteiger partial charge in [-0.3, -0.25) is 4.79 Å². The molecule has 0 aromatic rings. The first-order valence-corrected chi connectivity index (χ1v) is 6.12. The molecule has 0 fully saturated rings. The Kier molecular flexibility index (Phi) is 7.34. The van der Waals surface area contributed by atoms with Crippen molar-refractivity contribution < 1.29 is 14.7 Å². The van der Waals surface area contributed by atoms with E-state index in [9.17, 15) is 9.59 Å². The third-order valence-corrected chi connectivity index (χ3v) is 2.70. The monoisotopic (exact) mass is 244 g/mol. The van der Waals surface area contributed by atoms with Crippen LogP contribution in [0.1, 0.15) is 40.5 Å². The minimum atomic E-state index is -0.840. The van der Waals surface area contributed by atoms with Crippen LogP contribution in [0.4, 0.5) is 4.79 Å². The largest absolute Gasteiger partial charge is 0.481 e. The zero-order valence-electron chi connectivity index (χ0n) is 11.1. The Morgan fingerprint density at radius 1 is 1.24 bits per heavy atom.